The molecule has 0 spiro atoms. The van der Waals surface area contributed by atoms with Crippen LogP contribution >= 0.6 is 11.6 Å². The van der Waals surface area contributed by atoms with Crippen molar-refractivity contribution >= 4 is 21.6 Å². The molecule has 0 aliphatic heterocycles. The van der Waals surface area contributed by atoms with Gasteiger partial charge in [0.25, 0.3) is 0 Å². The number of rotatable bonds is 8. The van der Waals surface area contributed by atoms with Gasteiger partial charge in [-0.15, -0.1) is 11.6 Å². The lowest BCUT2D eigenvalue weighted by Crippen LogP contribution is -2.26. The maximum absolute atomic E-state index is 13.4. The summed E-state index contributed by atoms with van der Waals surface area (Å²) in [6, 6.07) is 0.663. The Bertz CT molecular complexity index is 529. The second-order valence-electron chi connectivity index (χ2n) is 4.20. The van der Waals surface area contributed by atoms with Crippen LogP contribution in [0.15, 0.2) is 17.0 Å². The van der Waals surface area contributed by atoms with E-state index in [-0.39, 0.29) is 6.54 Å². The average molecular weight is 330 g/mol. The predicted molar refractivity (Wildman–Crippen MR) is 70.7 cm³/mol. The summed E-state index contributed by atoms with van der Waals surface area (Å²) in [6.07, 6.45) is 2.96. The molecule has 114 valence electrons. The SMILES string of the molecule is O=S(=O)(NCCCCCCCl)c1c(F)cc(F)cc1F. The van der Waals surface area contributed by atoms with Gasteiger partial charge in [-0.25, -0.2) is 26.3 Å². The van der Waals surface area contributed by atoms with Crippen LogP contribution in [0.5, 0.6) is 0 Å². The predicted octanol–water partition coefficient (Wildman–Crippen LogP) is 3.18. The number of sulfonamides is 1. The summed E-state index contributed by atoms with van der Waals surface area (Å²) in [5.41, 5.74) is 0. The van der Waals surface area contributed by atoms with Crippen LogP contribution in [0.25, 0.3) is 0 Å². The molecule has 0 atom stereocenters. The van der Waals surface area contributed by atoms with E-state index in [9.17, 15) is 21.6 Å². The zero-order chi connectivity index (χ0) is 15.2. The van der Waals surface area contributed by atoms with Crippen molar-refractivity contribution < 1.29 is 21.6 Å². The smallest absolute Gasteiger partial charge is 0.211 e. The molecule has 0 heterocycles. The first-order valence-corrected chi connectivity index (χ1v) is 8.10. The molecule has 8 heteroatoms. The van der Waals surface area contributed by atoms with Crippen molar-refractivity contribution in [3.8, 4) is 0 Å². The topological polar surface area (TPSA) is 46.2 Å². The van der Waals surface area contributed by atoms with Gasteiger partial charge in [-0.1, -0.05) is 12.8 Å². The number of unbranched alkanes of at least 4 members (excludes halogenated alkanes) is 3. The molecule has 0 bridgehead atoms. The largest absolute Gasteiger partial charge is 0.246 e. The number of benzene rings is 1. The Morgan fingerprint density at radius 3 is 2.10 bits per heavy atom. The Morgan fingerprint density at radius 1 is 1.00 bits per heavy atom. The van der Waals surface area contributed by atoms with Crippen molar-refractivity contribution in [1.29, 1.82) is 0 Å². The number of alkyl halides is 1. The lowest BCUT2D eigenvalue weighted by atomic mass is 10.2. The summed E-state index contributed by atoms with van der Waals surface area (Å²) in [5, 5.41) is 0. The van der Waals surface area contributed by atoms with Gasteiger partial charge in [0.2, 0.25) is 10.0 Å². The van der Waals surface area contributed by atoms with Crippen LogP contribution in [-0.2, 0) is 10.0 Å². The van der Waals surface area contributed by atoms with Crippen LogP contribution in [0.4, 0.5) is 13.2 Å². The zero-order valence-corrected chi connectivity index (χ0v) is 12.2. The molecule has 1 aromatic rings. The van der Waals surface area contributed by atoms with E-state index in [2.05, 4.69) is 4.72 Å². The van der Waals surface area contributed by atoms with Crippen molar-refractivity contribution in [2.24, 2.45) is 0 Å². The number of nitrogens with one attached hydrogen (secondary N) is 1. The molecular weight excluding hydrogens is 315 g/mol. The second-order valence-corrected chi connectivity index (χ2v) is 6.28. The zero-order valence-electron chi connectivity index (χ0n) is 10.6. The van der Waals surface area contributed by atoms with Crippen LogP contribution in [0, 0.1) is 17.5 Å². The minimum atomic E-state index is -4.32. The van der Waals surface area contributed by atoms with Crippen LogP contribution in [-0.4, -0.2) is 20.8 Å². The molecule has 0 aliphatic carbocycles. The summed E-state index contributed by atoms with van der Waals surface area (Å²) in [6.45, 7) is 0.0564. The van der Waals surface area contributed by atoms with Crippen molar-refractivity contribution in [1.82, 2.24) is 4.72 Å². The first-order valence-electron chi connectivity index (χ1n) is 6.08. The summed E-state index contributed by atoms with van der Waals surface area (Å²) in [4.78, 5) is -1.15. The van der Waals surface area contributed by atoms with E-state index in [1.807, 2.05) is 0 Å². The highest BCUT2D eigenvalue weighted by Crippen LogP contribution is 2.19. The lowest BCUT2D eigenvalue weighted by molar-refractivity contribution is 0.493. The molecule has 1 rings (SSSR count). The first-order chi connectivity index (χ1) is 9.38. The Balaban J connectivity index is 2.66. The Hall–Kier alpha value is -0.790. The standard InChI is InChI=1S/C12H15ClF3NO2S/c13-5-3-1-2-4-6-17-20(18,19)12-10(15)7-9(14)8-11(12)16/h7-8,17H,1-6H2. The maximum atomic E-state index is 13.4. The van der Waals surface area contributed by atoms with Crippen LogP contribution in [0.3, 0.4) is 0 Å². The van der Waals surface area contributed by atoms with E-state index in [1.54, 1.807) is 0 Å². The quantitative estimate of drug-likeness (QED) is 0.588. The molecule has 20 heavy (non-hydrogen) atoms. The van der Waals surface area contributed by atoms with Gasteiger partial charge in [-0.2, -0.15) is 0 Å². The van der Waals surface area contributed by atoms with Gasteiger partial charge in [-0.3, -0.25) is 0 Å². The molecule has 0 amide bonds. The fourth-order valence-corrected chi connectivity index (χ4v) is 3.02. The van der Waals surface area contributed by atoms with Crippen molar-refractivity contribution in [2.45, 2.75) is 30.6 Å². The molecule has 3 nitrogen and oxygen atoms in total. The van der Waals surface area contributed by atoms with E-state index >= 15 is 0 Å². The Labute approximate surface area is 121 Å². The van der Waals surface area contributed by atoms with Crippen molar-refractivity contribution in [2.75, 3.05) is 12.4 Å². The first kappa shape index (κ1) is 17.3. The minimum Gasteiger partial charge on any atom is -0.211 e. The van der Waals surface area contributed by atoms with E-state index in [0.717, 1.165) is 19.3 Å². The van der Waals surface area contributed by atoms with E-state index in [4.69, 9.17) is 11.6 Å². The summed E-state index contributed by atoms with van der Waals surface area (Å²) in [7, 11) is -4.32. The fourth-order valence-electron chi connectivity index (χ4n) is 1.64. The van der Waals surface area contributed by atoms with E-state index in [1.165, 1.54) is 0 Å². The number of hydrogen-bond acceptors (Lipinski definition) is 2. The van der Waals surface area contributed by atoms with Gasteiger partial charge in [0, 0.05) is 24.6 Å². The third-order valence-electron chi connectivity index (χ3n) is 2.58. The van der Waals surface area contributed by atoms with Crippen LogP contribution < -0.4 is 4.72 Å². The lowest BCUT2D eigenvalue weighted by Gasteiger charge is -2.08. The number of halogens is 4. The van der Waals surface area contributed by atoms with Gasteiger partial charge < -0.3 is 0 Å². The highest BCUT2D eigenvalue weighted by Gasteiger charge is 2.24. The molecule has 0 fully saturated rings. The maximum Gasteiger partial charge on any atom is 0.246 e. The molecule has 0 aliphatic rings. The second kappa shape index (κ2) is 7.85. The van der Waals surface area contributed by atoms with Gasteiger partial charge in [-0.05, 0) is 12.8 Å². The van der Waals surface area contributed by atoms with Gasteiger partial charge in [0.05, 0.1) is 0 Å². The Morgan fingerprint density at radius 2 is 1.55 bits per heavy atom. The molecule has 0 saturated heterocycles. The highest BCUT2D eigenvalue weighted by atomic mass is 35.5. The average Bonchev–Trinajstić information content (AvgIpc) is 2.31. The molecule has 0 radical (unpaired) electrons. The third-order valence-corrected chi connectivity index (χ3v) is 4.36. The summed E-state index contributed by atoms with van der Waals surface area (Å²) in [5.74, 6) is -3.52. The minimum absolute atomic E-state index is 0.0564. The van der Waals surface area contributed by atoms with Crippen molar-refractivity contribution in [3.05, 3.63) is 29.6 Å². The van der Waals surface area contributed by atoms with Gasteiger partial charge in [0.1, 0.15) is 17.5 Å². The van der Waals surface area contributed by atoms with E-state index in [0.29, 0.717) is 24.4 Å². The normalized spacial score (nSPS) is 11.8. The summed E-state index contributed by atoms with van der Waals surface area (Å²) < 4.78 is 65.0. The fraction of sp³-hybridized carbons (Fsp3) is 0.500. The highest BCUT2D eigenvalue weighted by molar-refractivity contribution is 7.89. The van der Waals surface area contributed by atoms with Crippen LogP contribution in [0.1, 0.15) is 25.7 Å². The summed E-state index contributed by atoms with van der Waals surface area (Å²) >= 11 is 5.49. The molecule has 0 unspecified atom stereocenters. The molecular formula is C12H15ClF3NO2S. The molecule has 1 aromatic carbocycles. The Kier molecular flexibility index (Phi) is 6.78. The van der Waals surface area contributed by atoms with Crippen molar-refractivity contribution in [3.63, 3.8) is 0 Å². The van der Waals surface area contributed by atoms with Gasteiger partial charge >= 0.3 is 0 Å². The monoisotopic (exact) mass is 329 g/mol. The number of hydrogen-bond donors (Lipinski definition) is 1. The molecule has 0 aromatic heterocycles. The van der Waals surface area contributed by atoms with E-state index < -0.39 is 32.4 Å². The van der Waals surface area contributed by atoms with Crippen LogP contribution in [0.2, 0.25) is 0 Å². The molecule has 0 saturated carbocycles. The third kappa shape index (κ3) is 4.96. The van der Waals surface area contributed by atoms with Gasteiger partial charge in [0.15, 0.2) is 4.90 Å². The molecule has 1 N–H and O–H groups in total.